The van der Waals surface area contributed by atoms with E-state index >= 15 is 0 Å². The van der Waals surface area contributed by atoms with Crippen molar-refractivity contribution in [2.75, 3.05) is 20.3 Å². The van der Waals surface area contributed by atoms with Gasteiger partial charge in [-0.2, -0.15) is 0 Å². The maximum atomic E-state index is 13.0. The minimum absolute atomic E-state index is 0.0414. The molecule has 246 valence electrons. The Hall–Kier alpha value is -6.31. The van der Waals surface area contributed by atoms with Gasteiger partial charge in [0, 0.05) is 35.0 Å². The first kappa shape index (κ1) is 31.3. The zero-order chi connectivity index (χ0) is 33.7. The molecule has 4 aromatic heterocycles. The summed E-state index contributed by atoms with van der Waals surface area (Å²) in [6.45, 7) is 1.62. The lowest BCUT2D eigenvalue weighted by Crippen LogP contribution is -2.23. The lowest BCUT2D eigenvalue weighted by atomic mass is 10.0. The monoisotopic (exact) mass is 655 g/mol. The summed E-state index contributed by atoms with van der Waals surface area (Å²) in [6, 6.07) is 26.3. The molecule has 0 unspecified atom stereocenters. The molecule has 0 saturated heterocycles. The molecule has 7 N–H and O–H groups in total. The molecule has 0 radical (unpaired) electrons. The third-order valence-electron chi connectivity index (χ3n) is 7.93. The zero-order valence-corrected chi connectivity index (χ0v) is 26.5. The molecule has 8 aromatic rings. The van der Waals surface area contributed by atoms with Crippen LogP contribution in [0.2, 0.25) is 0 Å². The van der Waals surface area contributed by atoms with E-state index in [4.69, 9.17) is 15.2 Å². The fourth-order valence-corrected chi connectivity index (χ4v) is 5.59. The van der Waals surface area contributed by atoms with Crippen molar-refractivity contribution in [2.24, 2.45) is 5.73 Å². The highest BCUT2D eigenvalue weighted by Crippen LogP contribution is 2.39. The Labute approximate surface area is 279 Å². The van der Waals surface area contributed by atoms with Crippen LogP contribution in [0.25, 0.3) is 55.1 Å². The third kappa shape index (κ3) is 6.61. The smallest absolute Gasteiger partial charge is 0.251 e. The van der Waals surface area contributed by atoms with E-state index in [1.54, 1.807) is 25.3 Å². The Bertz CT molecular complexity index is 2350. The Morgan fingerprint density at radius 3 is 2.27 bits per heavy atom. The molecule has 0 aliphatic carbocycles. The molecule has 4 heterocycles. The van der Waals surface area contributed by atoms with Crippen LogP contribution in [0.15, 0.2) is 91.3 Å². The molecule has 0 atom stereocenters. The number of fused-ring (bicyclic) bond motifs is 4. The van der Waals surface area contributed by atoms with Crippen LogP contribution in [0.1, 0.15) is 22.0 Å². The maximum Gasteiger partial charge on any atom is 0.251 e. The first-order valence-corrected chi connectivity index (χ1v) is 15.6. The number of hydrogen-bond acceptors (Lipinski definition) is 9. The van der Waals surface area contributed by atoms with Gasteiger partial charge in [-0.3, -0.25) is 4.79 Å². The number of nitrogens with one attached hydrogen (secondary N) is 4. The van der Waals surface area contributed by atoms with Gasteiger partial charge in [0.15, 0.2) is 5.88 Å². The second-order valence-corrected chi connectivity index (χ2v) is 11.1. The number of benzene rings is 4. The molecule has 49 heavy (non-hydrogen) atoms. The molecule has 0 aliphatic rings. The number of aromatic hydroxyl groups is 1. The van der Waals surface area contributed by atoms with E-state index in [1.807, 2.05) is 66.7 Å². The van der Waals surface area contributed by atoms with Gasteiger partial charge in [-0.15, -0.1) is 0 Å². The number of hydrogen-bond donors (Lipinski definition) is 6. The van der Waals surface area contributed by atoms with E-state index in [0.29, 0.717) is 64.6 Å². The first-order valence-electron chi connectivity index (χ1n) is 15.6. The molecule has 4 aromatic carbocycles. The van der Waals surface area contributed by atoms with E-state index in [9.17, 15) is 9.90 Å². The number of carbonyl (C=O) groups is 1. The standard InChI is InChI=1S/C28H24N6O4.C8H9N3/c1-37-10-11-38-17-7-8-18-23(13-17)30-15-31-26(18)25-19-12-16(6-9-20(19)34-28(25)36)27(35)29-14-24-32-21-4-2-3-5-22(21)33-24;9-5-8-10-6-3-1-2-4-7(6)11-8/h2-9,12-13,15,34,36H,10-11,14H2,1H3,(H,29,35)(H,32,33);1-4H,5,9H2,(H,10,11). The third-order valence-corrected chi connectivity index (χ3v) is 7.93. The van der Waals surface area contributed by atoms with Gasteiger partial charge in [0.2, 0.25) is 0 Å². The maximum absolute atomic E-state index is 13.0. The Morgan fingerprint density at radius 1 is 0.796 bits per heavy atom. The van der Waals surface area contributed by atoms with Crippen LogP contribution >= 0.6 is 0 Å². The largest absolute Gasteiger partial charge is 0.494 e. The minimum atomic E-state index is -0.260. The topological polar surface area (TPSA) is 193 Å². The molecule has 13 nitrogen and oxygen atoms in total. The van der Waals surface area contributed by atoms with Crippen molar-refractivity contribution in [3.8, 4) is 22.9 Å². The molecule has 0 bridgehead atoms. The number of methoxy groups -OCH3 is 1. The molecule has 0 aliphatic heterocycles. The molecular weight excluding hydrogens is 622 g/mol. The molecule has 1 amide bonds. The fourth-order valence-electron chi connectivity index (χ4n) is 5.59. The average molecular weight is 656 g/mol. The van der Waals surface area contributed by atoms with Crippen molar-refractivity contribution in [1.82, 2.24) is 40.2 Å². The number of aromatic nitrogens is 7. The number of nitrogens with zero attached hydrogens (tertiary/aromatic N) is 4. The molecule has 0 spiro atoms. The van der Waals surface area contributed by atoms with Gasteiger partial charge in [0.1, 0.15) is 30.3 Å². The van der Waals surface area contributed by atoms with Gasteiger partial charge >= 0.3 is 0 Å². The van der Waals surface area contributed by atoms with E-state index in [-0.39, 0.29) is 18.3 Å². The number of para-hydroxylation sites is 4. The quantitative estimate of drug-likeness (QED) is 0.111. The van der Waals surface area contributed by atoms with Gasteiger partial charge in [-0.1, -0.05) is 24.3 Å². The highest BCUT2D eigenvalue weighted by molar-refractivity contribution is 6.07. The highest BCUT2D eigenvalue weighted by atomic mass is 16.5. The summed E-state index contributed by atoms with van der Waals surface area (Å²) in [5.74, 6) is 1.86. The van der Waals surface area contributed by atoms with Crippen LogP contribution in [-0.2, 0) is 17.8 Å². The zero-order valence-electron chi connectivity index (χ0n) is 26.5. The molecule has 0 saturated carbocycles. The van der Waals surface area contributed by atoms with E-state index in [0.717, 1.165) is 33.3 Å². The fraction of sp³-hybridized carbons (Fsp3) is 0.139. The lowest BCUT2D eigenvalue weighted by molar-refractivity contribution is 0.0950. The number of ether oxygens (including phenoxy) is 2. The predicted molar refractivity (Wildman–Crippen MR) is 187 cm³/mol. The van der Waals surface area contributed by atoms with Gasteiger partial charge in [-0.05, 0) is 54.6 Å². The van der Waals surface area contributed by atoms with Gasteiger partial charge < -0.3 is 40.6 Å². The normalized spacial score (nSPS) is 11.2. The van der Waals surface area contributed by atoms with Crippen LogP contribution in [0, 0.1) is 0 Å². The number of amides is 1. The summed E-state index contributed by atoms with van der Waals surface area (Å²) in [7, 11) is 1.62. The minimum Gasteiger partial charge on any atom is -0.494 e. The van der Waals surface area contributed by atoms with Crippen LogP contribution in [-0.4, -0.2) is 66.2 Å². The van der Waals surface area contributed by atoms with Crippen molar-refractivity contribution in [3.05, 3.63) is 108 Å². The second kappa shape index (κ2) is 13.8. The van der Waals surface area contributed by atoms with Crippen molar-refractivity contribution < 1.29 is 19.4 Å². The summed E-state index contributed by atoms with van der Waals surface area (Å²) in [4.78, 5) is 39.9. The molecular formula is C36H33N9O4. The molecule has 0 fully saturated rings. The highest BCUT2D eigenvalue weighted by Gasteiger charge is 2.19. The summed E-state index contributed by atoms with van der Waals surface area (Å²) in [5.41, 5.74) is 12.0. The van der Waals surface area contributed by atoms with Crippen LogP contribution in [0.5, 0.6) is 11.6 Å². The number of aromatic amines is 3. The average Bonchev–Trinajstić information content (AvgIpc) is 3.84. The predicted octanol–water partition coefficient (Wildman–Crippen LogP) is 5.34. The number of imidazole rings is 2. The number of rotatable bonds is 9. The van der Waals surface area contributed by atoms with E-state index in [2.05, 4.69) is 40.2 Å². The van der Waals surface area contributed by atoms with E-state index in [1.165, 1.54) is 6.33 Å². The van der Waals surface area contributed by atoms with Crippen LogP contribution in [0.4, 0.5) is 0 Å². The van der Waals surface area contributed by atoms with Crippen molar-refractivity contribution in [1.29, 1.82) is 0 Å². The van der Waals surface area contributed by atoms with Crippen molar-refractivity contribution in [2.45, 2.75) is 13.1 Å². The summed E-state index contributed by atoms with van der Waals surface area (Å²) in [6.07, 6.45) is 1.44. The number of H-pyrrole nitrogens is 3. The SMILES string of the molecule is COCCOc1ccc2c(-c3c(O)[nH]c4ccc(C(=O)NCc5nc6ccccc6[nH]5)cc34)ncnc2c1.NCc1nc2ccccc2[nH]1. The summed E-state index contributed by atoms with van der Waals surface area (Å²) in [5, 5.41) is 15.1. The number of nitrogens with two attached hydrogens (primary N) is 1. The Balaban J connectivity index is 0.000000290. The lowest BCUT2D eigenvalue weighted by Gasteiger charge is -2.09. The first-order chi connectivity index (χ1) is 24.0. The number of carbonyl (C=O) groups excluding carboxylic acids is 1. The summed E-state index contributed by atoms with van der Waals surface area (Å²) >= 11 is 0. The van der Waals surface area contributed by atoms with Gasteiger partial charge in [0.25, 0.3) is 5.91 Å². The molecule has 8 rings (SSSR count). The van der Waals surface area contributed by atoms with Gasteiger partial charge in [0.05, 0.1) is 58.5 Å². The summed E-state index contributed by atoms with van der Waals surface area (Å²) < 4.78 is 10.7. The Kier molecular flexibility index (Phi) is 8.82. The van der Waals surface area contributed by atoms with Crippen molar-refractivity contribution in [3.63, 3.8) is 0 Å². The molecule has 13 heteroatoms. The van der Waals surface area contributed by atoms with Crippen LogP contribution in [0.3, 0.4) is 0 Å². The van der Waals surface area contributed by atoms with E-state index < -0.39 is 0 Å². The second-order valence-electron chi connectivity index (χ2n) is 11.1. The van der Waals surface area contributed by atoms with Gasteiger partial charge in [-0.25, -0.2) is 19.9 Å². The van der Waals surface area contributed by atoms with Crippen LogP contribution < -0.4 is 15.8 Å². The van der Waals surface area contributed by atoms with Crippen molar-refractivity contribution >= 4 is 49.8 Å². The Morgan fingerprint density at radius 2 is 1.53 bits per heavy atom.